The first kappa shape index (κ1) is 10.8. The van der Waals surface area contributed by atoms with Gasteiger partial charge in [0.05, 0.1) is 0 Å². The summed E-state index contributed by atoms with van der Waals surface area (Å²) >= 11 is 0. The summed E-state index contributed by atoms with van der Waals surface area (Å²) in [6, 6.07) is 8.04. The highest BCUT2D eigenvalue weighted by atomic mass is 32.2. The predicted molar refractivity (Wildman–Crippen MR) is 54.1 cm³/mol. The highest BCUT2D eigenvalue weighted by Crippen LogP contribution is 2.11. The van der Waals surface area contributed by atoms with Gasteiger partial charge in [0.15, 0.2) is 0 Å². The summed E-state index contributed by atoms with van der Waals surface area (Å²) in [5, 5.41) is 0. The van der Waals surface area contributed by atoms with Crippen LogP contribution in [0.15, 0.2) is 47.1 Å². The summed E-state index contributed by atoms with van der Waals surface area (Å²) in [7, 11) is -3.63. The van der Waals surface area contributed by atoms with Crippen LogP contribution in [0.1, 0.15) is 13.8 Å². The normalized spacial score (nSPS) is 10.7. The van der Waals surface area contributed by atoms with Crippen molar-refractivity contribution in [3.63, 3.8) is 0 Å². The molecule has 0 unspecified atom stereocenters. The third-order valence-corrected chi connectivity index (χ3v) is 2.64. The van der Waals surface area contributed by atoms with E-state index in [0.717, 1.165) is 5.57 Å². The van der Waals surface area contributed by atoms with Crippen LogP contribution in [0.3, 0.4) is 0 Å². The molecule has 1 aromatic rings. The molecule has 14 heavy (non-hydrogen) atoms. The largest absolute Gasteiger partial charge is 0.387 e. The highest BCUT2D eigenvalue weighted by Gasteiger charge is 2.12. The molecule has 0 aliphatic heterocycles. The van der Waals surface area contributed by atoms with Crippen LogP contribution < -0.4 is 0 Å². The van der Waals surface area contributed by atoms with Gasteiger partial charge >= 0.3 is 10.1 Å². The van der Waals surface area contributed by atoms with Crippen LogP contribution in [0.4, 0.5) is 0 Å². The van der Waals surface area contributed by atoms with Crippen LogP contribution in [0.5, 0.6) is 0 Å². The van der Waals surface area contributed by atoms with Gasteiger partial charge in [0, 0.05) is 0 Å². The Balaban J connectivity index is 2.93. The van der Waals surface area contributed by atoms with Crippen molar-refractivity contribution in [3.8, 4) is 0 Å². The van der Waals surface area contributed by atoms with E-state index in [-0.39, 0.29) is 4.90 Å². The Kier molecular flexibility index (Phi) is 3.30. The number of hydrogen-bond acceptors (Lipinski definition) is 3. The lowest BCUT2D eigenvalue weighted by Gasteiger charge is -2.02. The molecular weight excluding hydrogens is 200 g/mol. The molecule has 0 saturated carbocycles. The molecule has 3 nitrogen and oxygen atoms in total. The van der Waals surface area contributed by atoms with Gasteiger partial charge in [-0.3, -0.25) is 0 Å². The number of hydrogen-bond donors (Lipinski definition) is 0. The van der Waals surface area contributed by atoms with Crippen molar-refractivity contribution in [1.82, 2.24) is 0 Å². The van der Waals surface area contributed by atoms with Gasteiger partial charge in [-0.05, 0) is 31.6 Å². The average Bonchev–Trinajstić information content (AvgIpc) is 2.16. The van der Waals surface area contributed by atoms with Crippen LogP contribution in [-0.4, -0.2) is 8.42 Å². The van der Waals surface area contributed by atoms with Gasteiger partial charge < -0.3 is 4.18 Å². The Hall–Kier alpha value is -1.29. The molecular formula is C10H12O3S. The van der Waals surface area contributed by atoms with Gasteiger partial charge in [0.1, 0.15) is 11.2 Å². The van der Waals surface area contributed by atoms with Gasteiger partial charge in [0.25, 0.3) is 0 Å². The van der Waals surface area contributed by atoms with Gasteiger partial charge in [-0.1, -0.05) is 18.2 Å². The lowest BCUT2D eigenvalue weighted by molar-refractivity contribution is 0.440. The van der Waals surface area contributed by atoms with E-state index >= 15 is 0 Å². The minimum absolute atomic E-state index is 0.164. The molecule has 0 spiro atoms. The molecule has 0 aliphatic carbocycles. The summed E-state index contributed by atoms with van der Waals surface area (Å²) in [4.78, 5) is 0.164. The van der Waals surface area contributed by atoms with Crippen molar-refractivity contribution in [3.05, 3.63) is 42.2 Å². The summed E-state index contributed by atoms with van der Waals surface area (Å²) in [6.45, 7) is 3.53. The summed E-state index contributed by atoms with van der Waals surface area (Å²) in [5.41, 5.74) is 0.796. The Morgan fingerprint density at radius 3 is 2.29 bits per heavy atom. The predicted octanol–water partition coefficient (Wildman–Crippen LogP) is 2.32. The van der Waals surface area contributed by atoms with E-state index in [0.29, 0.717) is 0 Å². The molecule has 76 valence electrons. The molecule has 4 heteroatoms. The van der Waals surface area contributed by atoms with Crippen LogP contribution in [0, 0.1) is 0 Å². The monoisotopic (exact) mass is 212 g/mol. The Bertz CT molecular complexity index is 414. The molecule has 0 radical (unpaired) electrons. The van der Waals surface area contributed by atoms with Gasteiger partial charge in [0.2, 0.25) is 0 Å². The summed E-state index contributed by atoms with van der Waals surface area (Å²) in [6.07, 6.45) is 1.22. The van der Waals surface area contributed by atoms with Crippen molar-refractivity contribution < 1.29 is 12.6 Å². The van der Waals surface area contributed by atoms with Crippen LogP contribution in [0.2, 0.25) is 0 Å². The Morgan fingerprint density at radius 1 is 1.21 bits per heavy atom. The second-order valence-corrected chi connectivity index (χ2v) is 4.63. The molecule has 0 heterocycles. The van der Waals surface area contributed by atoms with E-state index < -0.39 is 10.1 Å². The smallest absolute Gasteiger partial charge is 0.338 e. The fourth-order valence-corrected chi connectivity index (χ4v) is 1.72. The minimum atomic E-state index is -3.63. The second-order valence-electron chi connectivity index (χ2n) is 3.06. The molecule has 0 atom stereocenters. The first-order valence-electron chi connectivity index (χ1n) is 4.14. The summed E-state index contributed by atoms with van der Waals surface area (Å²) in [5.74, 6) is 0. The van der Waals surface area contributed by atoms with Gasteiger partial charge in [-0.2, -0.15) is 8.42 Å². The number of allylic oxidation sites excluding steroid dienone is 1. The molecule has 1 aromatic carbocycles. The van der Waals surface area contributed by atoms with Gasteiger partial charge in [-0.15, -0.1) is 0 Å². The first-order chi connectivity index (χ1) is 6.52. The van der Waals surface area contributed by atoms with E-state index in [4.69, 9.17) is 0 Å². The zero-order valence-corrected chi connectivity index (χ0v) is 8.91. The van der Waals surface area contributed by atoms with Gasteiger partial charge in [-0.25, -0.2) is 0 Å². The van der Waals surface area contributed by atoms with Crippen molar-refractivity contribution in [2.24, 2.45) is 0 Å². The highest BCUT2D eigenvalue weighted by molar-refractivity contribution is 7.86. The van der Waals surface area contributed by atoms with Crippen molar-refractivity contribution >= 4 is 10.1 Å². The average molecular weight is 212 g/mol. The fourth-order valence-electron chi connectivity index (χ4n) is 0.802. The third-order valence-electron chi connectivity index (χ3n) is 1.44. The molecule has 1 rings (SSSR count). The zero-order chi connectivity index (χ0) is 10.6. The first-order valence-corrected chi connectivity index (χ1v) is 5.55. The lowest BCUT2D eigenvalue weighted by Crippen LogP contribution is -2.01. The molecule has 0 fully saturated rings. The second kappa shape index (κ2) is 4.28. The maximum Gasteiger partial charge on any atom is 0.338 e. The van der Waals surface area contributed by atoms with Crippen molar-refractivity contribution in [2.75, 3.05) is 0 Å². The topological polar surface area (TPSA) is 43.4 Å². The molecule has 0 saturated heterocycles. The molecule has 0 bridgehead atoms. The maximum absolute atomic E-state index is 11.5. The van der Waals surface area contributed by atoms with Crippen molar-refractivity contribution in [1.29, 1.82) is 0 Å². The lowest BCUT2D eigenvalue weighted by atomic mass is 10.4. The summed E-state index contributed by atoms with van der Waals surface area (Å²) < 4.78 is 27.6. The number of rotatable bonds is 3. The van der Waals surface area contributed by atoms with E-state index in [2.05, 4.69) is 4.18 Å². The Labute approximate surface area is 84.1 Å². The van der Waals surface area contributed by atoms with Crippen LogP contribution in [0.25, 0.3) is 0 Å². The van der Waals surface area contributed by atoms with E-state index in [1.165, 1.54) is 18.4 Å². The zero-order valence-electron chi connectivity index (χ0n) is 8.10. The Morgan fingerprint density at radius 2 is 1.79 bits per heavy atom. The standard InChI is InChI=1S/C10H12O3S/c1-9(2)8-13-14(11,12)10-6-4-3-5-7-10/h3-8H,1-2H3. The van der Waals surface area contributed by atoms with Crippen LogP contribution >= 0.6 is 0 Å². The quantitative estimate of drug-likeness (QED) is 0.570. The van der Waals surface area contributed by atoms with E-state index in [1.54, 1.807) is 32.0 Å². The maximum atomic E-state index is 11.5. The molecule has 0 aliphatic rings. The van der Waals surface area contributed by atoms with Crippen LogP contribution in [-0.2, 0) is 14.3 Å². The molecule has 0 amide bonds. The number of benzene rings is 1. The van der Waals surface area contributed by atoms with E-state index in [9.17, 15) is 8.42 Å². The van der Waals surface area contributed by atoms with E-state index in [1.807, 2.05) is 0 Å². The third kappa shape index (κ3) is 2.88. The molecule has 0 N–H and O–H groups in total. The van der Waals surface area contributed by atoms with Crippen molar-refractivity contribution in [2.45, 2.75) is 18.7 Å². The molecule has 0 aromatic heterocycles. The minimum Gasteiger partial charge on any atom is -0.387 e. The SMILES string of the molecule is CC(C)=COS(=O)(=O)c1ccccc1. The fraction of sp³-hybridized carbons (Fsp3) is 0.200.